The van der Waals surface area contributed by atoms with Gasteiger partial charge in [0.05, 0.1) is 6.61 Å². The summed E-state index contributed by atoms with van der Waals surface area (Å²) in [7, 11) is 0. The molecule has 0 atom stereocenters. The number of amides is 1. The van der Waals surface area contributed by atoms with Crippen LogP contribution in [-0.4, -0.2) is 60.3 Å². The van der Waals surface area contributed by atoms with Crippen molar-refractivity contribution in [3.63, 3.8) is 0 Å². The number of carbonyl (C=O) groups is 1. The zero-order chi connectivity index (χ0) is 15.2. The maximum atomic E-state index is 12.0. The number of carbonyl (C=O) groups excluding carboxylic acids is 1. The van der Waals surface area contributed by atoms with Gasteiger partial charge >= 0.3 is 6.09 Å². The first kappa shape index (κ1) is 16.4. The number of ether oxygens (including phenoxy) is 1. The van der Waals surface area contributed by atoms with Crippen molar-refractivity contribution in [3.05, 3.63) is 33.8 Å². The quantitative estimate of drug-likeness (QED) is 0.918. The molecule has 1 fully saturated rings. The summed E-state index contributed by atoms with van der Waals surface area (Å²) in [6.45, 7) is 3.64. The lowest BCUT2D eigenvalue weighted by molar-refractivity contribution is 0.0674. The van der Waals surface area contributed by atoms with Crippen LogP contribution in [0.25, 0.3) is 0 Å². The predicted molar refractivity (Wildman–Crippen MR) is 81.7 cm³/mol. The summed E-state index contributed by atoms with van der Waals surface area (Å²) in [6.07, 6.45) is -0.338. The molecule has 0 spiro atoms. The number of aliphatic hydroxyl groups is 1. The molecule has 0 radical (unpaired) electrons. The van der Waals surface area contributed by atoms with Crippen LogP contribution < -0.4 is 0 Å². The average Bonchev–Trinajstić information content (AvgIpc) is 2.45. The van der Waals surface area contributed by atoms with E-state index in [-0.39, 0.29) is 19.3 Å². The van der Waals surface area contributed by atoms with Crippen LogP contribution in [0.2, 0.25) is 10.0 Å². The van der Waals surface area contributed by atoms with Crippen LogP contribution in [0.3, 0.4) is 0 Å². The molecule has 0 aliphatic carbocycles. The molecule has 1 saturated heterocycles. The topological polar surface area (TPSA) is 53.0 Å². The number of hydrogen-bond donors (Lipinski definition) is 1. The second kappa shape index (κ2) is 7.84. The molecule has 5 nitrogen and oxygen atoms in total. The normalized spacial score (nSPS) is 16.0. The zero-order valence-corrected chi connectivity index (χ0v) is 13.1. The Morgan fingerprint density at radius 3 is 2.33 bits per heavy atom. The molecule has 116 valence electrons. The largest absolute Gasteiger partial charge is 0.445 e. The van der Waals surface area contributed by atoms with Gasteiger partial charge in [-0.1, -0.05) is 23.2 Å². The van der Waals surface area contributed by atoms with E-state index in [9.17, 15) is 4.79 Å². The summed E-state index contributed by atoms with van der Waals surface area (Å²) in [5, 5.41) is 9.92. The van der Waals surface area contributed by atoms with E-state index in [2.05, 4.69) is 4.90 Å². The second-order valence-corrected chi connectivity index (χ2v) is 5.76. The van der Waals surface area contributed by atoms with Crippen LogP contribution in [-0.2, 0) is 11.3 Å². The number of halogens is 2. The summed E-state index contributed by atoms with van der Waals surface area (Å²) < 4.78 is 5.27. The summed E-state index contributed by atoms with van der Waals surface area (Å²) in [4.78, 5) is 15.8. The maximum Gasteiger partial charge on any atom is 0.410 e. The highest BCUT2D eigenvalue weighted by Crippen LogP contribution is 2.19. The van der Waals surface area contributed by atoms with E-state index in [0.29, 0.717) is 29.7 Å². The minimum absolute atomic E-state index is 0.139. The first-order chi connectivity index (χ1) is 10.1. The lowest BCUT2D eigenvalue weighted by atomic mass is 10.2. The van der Waals surface area contributed by atoms with Crippen LogP contribution in [0.5, 0.6) is 0 Å². The minimum atomic E-state index is -0.338. The molecular weight excluding hydrogens is 315 g/mol. The summed E-state index contributed by atoms with van der Waals surface area (Å²) >= 11 is 11.8. The first-order valence-electron chi connectivity index (χ1n) is 6.78. The van der Waals surface area contributed by atoms with Gasteiger partial charge in [0.25, 0.3) is 0 Å². The standard InChI is InChI=1S/C14H18Cl2N2O3/c15-12-7-11(8-13(16)9-12)10-21-14(20)18-3-1-17(2-4-18)5-6-19/h7-9,19H,1-6,10H2. The Hall–Kier alpha value is -1.01. The minimum Gasteiger partial charge on any atom is -0.445 e. The molecule has 1 aliphatic heterocycles. The number of rotatable bonds is 4. The van der Waals surface area contributed by atoms with Gasteiger partial charge in [0.1, 0.15) is 6.61 Å². The van der Waals surface area contributed by atoms with Crippen LogP contribution in [0.1, 0.15) is 5.56 Å². The Morgan fingerprint density at radius 1 is 1.14 bits per heavy atom. The Kier molecular flexibility index (Phi) is 6.11. The average molecular weight is 333 g/mol. The van der Waals surface area contributed by atoms with Gasteiger partial charge in [-0.3, -0.25) is 4.90 Å². The highest BCUT2D eigenvalue weighted by Gasteiger charge is 2.21. The van der Waals surface area contributed by atoms with Gasteiger partial charge in [0, 0.05) is 42.8 Å². The van der Waals surface area contributed by atoms with Gasteiger partial charge in [-0.15, -0.1) is 0 Å². The third-order valence-electron chi connectivity index (χ3n) is 3.33. The molecule has 2 rings (SSSR count). The molecule has 1 aromatic rings. The van der Waals surface area contributed by atoms with Crippen LogP contribution >= 0.6 is 23.2 Å². The van der Waals surface area contributed by atoms with E-state index >= 15 is 0 Å². The van der Waals surface area contributed by atoms with Crippen molar-refractivity contribution in [1.82, 2.24) is 9.80 Å². The summed E-state index contributed by atoms with van der Waals surface area (Å²) in [5.74, 6) is 0. The number of hydrogen-bond acceptors (Lipinski definition) is 4. The molecule has 1 N–H and O–H groups in total. The monoisotopic (exact) mass is 332 g/mol. The van der Waals surface area contributed by atoms with Gasteiger partial charge in [-0.2, -0.15) is 0 Å². The number of piperazine rings is 1. The first-order valence-corrected chi connectivity index (χ1v) is 7.54. The Morgan fingerprint density at radius 2 is 1.76 bits per heavy atom. The Bertz CT molecular complexity index is 471. The van der Waals surface area contributed by atoms with E-state index in [1.165, 1.54) is 0 Å². The fourth-order valence-corrected chi connectivity index (χ4v) is 2.80. The molecule has 0 saturated carbocycles. The molecule has 0 bridgehead atoms. The van der Waals surface area contributed by atoms with E-state index in [0.717, 1.165) is 18.7 Å². The fraction of sp³-hybridized carbons (Fsp3) is 0.500. The van der Waals surface area contributed by atoms with Crippen LogP contribution in [0.15, 0.2) is 18.2 Å². The van der Waals surface area contributed by atoms with Gasteiger partial charge in [-0.25, -0.2) is 4.79 Å². The molecule has 1 aromatic carbocycles. The zero-order valence-electron chi connectivity index (χ0n) is 11.6. The van der Waals surface area contributed by atoms with Crippen molar-refractivity contribution in [2.24, 2.45) is 0 Å². The molecule has 0 aromatic heterocycles. The van der Waals surface area contributed by atoms with Gasteiger partial charge in [0.15, 0.2) is 0 Å². The lowest BCUT2D eigenvalue weighted by Gasteiger charge is -2.33. The lowest BCUT2D eigenvalue weighted by Crippen LogP contribution is -2.49. The van der Waals surface area contributed by atoms with Crippen molar-refractivity contribution < 1.29 is 14.6 Å². The molecule has 1 amide bonds. The molecular formula is C14H18Cl2N2O3. The van der Waals surface area contributed by atoms with Crippen molar-refractivity contribution in [2.75, 3.05) is 39.3 Å². The van der Waals surface area contributed by atoms with Gasteiger partial charge < -0.3 is 14.7 Å². The van der Waals surface area contributed by atoms with E-state index < -0.39 is 0 Å². The summed E-state index contributed by atoms with van der Waals surface area (Å²) in [5.41, 5.74) is 0.764. The highest BCUT2D eigenvalue weighted by molar-refractivity contribution is 6.34. The van der Waals surface area contributed by atoms with Crippen LogP contribution in [0, 0.1) is 0 Å². The Labute approximate surface area is 134 Å². The smallest absolute Gasteiger partial charge is 0.410 e. The number of β-amino-alcohol motifs (C(OH)–C–C–N with tert-alkyl or cyclic N) is 1. The van der Waals surface area contributed by atoms with Crippen molar-refractivity contribution in [1.29, 1.82) is 0 Å². The molecule has 7 heteroatoms. The van der Waals surface area contributed by atoms with Crippen molar-refractivity contribution in [2.45, 2.75) is 6.61 Å². The molecule has 0 unspecified atom stereocenters. The van der Waals surface area contributed by atoms with Crippen LogP contribution in [0.4, 0.5) is 4.79 Å². The molecule has 1 aliphatic rings. The van der Waals surface area contributed by atoms with Gasteiger partial charge in [-0.05, 0) is 23.8 Å². The fourth-order valence-electron chi connectivity index (χ4n) is 2.23. The Balaban J connectivity index is 1.80. The third kappa shape index (κ3) is 5.04. The highest BCUT2D eigenvalue weighted by atomic mass is 35.5. The van der Waals surface area contributed by atoms with E-state index in [1.807, 2.05) is 0 Å². The maximum absolute atomic E-state index is 12.0. The number of nitrogens with zero attached hydrogens (tertiary/aromatic N) is 2. The second-order valence-electron chi connectivity index (χ2n) is 4.88. The third-order valence-corrected chi connectivity index (χ3v) is 3.77. The van der Waals surface area contributed by atoms with Crippen molar-refractivity contribution >= 4 is 29.3 Å². The number of benzene rings is 1. The molecule has 1 heterocycles. The van der Waals surface area contributed by atoms with E-state index in [4.69, 9.17) is 33.0 Å². The SMILES string of the molecule is O=C(OCc1cc(Cl)cc(Cl)c1)N1CCN(CCO)CC1. The van der Waals surface area contributed by atoms with E-state index in [1.54, 1.807) is 23.1 Å². The predicted octanol–water partition coefficient (Wildman–Crippen LogP) is 2.24. The summed E-state index contributed by atoms with van der Waals surface area (Å²) in [6, 6.07) is 5.08. The van der Waals surface area contributed by atoms with Gasteiger partial charge in [0.2, 0.25) is 0 Å². The van der Waals surface area contributed by atoms with Crippen molar-refractivity contribution in [3.8, 4) is 0 Å². The number of aliphatic hydroxyl groups excluding tert-OH is 1. The molecule has 21 heavy (non-hydrogen) atoms.